The number of carbonyl (C=O) groups is 1. The van der Waals surface area contributed by atoms with Gasteiger partial charge in [0.25, 0.3) is 0 Å². The van der Waals surface area contributed by atoms with Gasteiger partial charge in [0.15, 0.2) is 0 Å². The van der Waals surface area contributed by atoms with Crippen LogP contribution in [0.25, 0.3) is 0 Å². The van der Waals surface area contributed by atoms with Crippen molar-refractivity contribution in [2.75, 3.05) is 7.11 Å². The number of hydrogen-bond acceptors (Lipinski definition) is 4. The highest BCUT2D eigenvalue weighted by atomic mass is 16.5. The van der Waals surface area contributed by atoms with E-state index < -0.39 is 5.97 Å². The van der Waals surface area contributed by atoms with E-state index >= 15 is 0 Å². The average molecular weight is 276 g/mol. The predicted octanol–water partition coefficient (Wildman–Crippen LogP) is 1.91. The molecule has 0 amide bonds. The second kappa shape index (κ2) is 6.52. The van der Waals surface area contributed by atoms with Gasteiger partial charge in [0, 0.05) is 24.8 Å². The number of pyridine rings is 1. The topological polar surface area (TPSA) is 71.5 Å². The van der Waals surface area contributed by atoms with Crippen LogP contribution in [0.2, 0.25) is 0 Å². The van der Waals surface area contributed by atoms with E-state index in [0.29, 0.717) is 25.3 Å². The number of nitrogens with one attached hydrogen (secondary N) is 1. The van der Waals surface area contributed by atoms with E-state index in [0.717, 1.165) is 11.1 Å². The van der Waals surface area contributed by atoms with Crippen LogP contribution in [0.3, 0.4) is 0 Å². The first-order valence-corrected chi connectivity index (χ1v) is 6.72. The molecule has 20 heavy (non-hydrogen) atoms. The van der Waals surface area contributed by atoms with Gasteiger partial charge in [-0.25, -0.2) is 4.98 Å². The van der Waals surface area contributed by atoms with Gasteiger partial charge in [0.1, 0.15) is 0 Å². The number of carboxylic acid groups (broad SMARTS) is 1. The van der Waals surface area contributed by atoms with E-state index in [1.54, 1.807) is 13.3 Å². The Labute approximate surface area is 118 Å². The first-order valence-electron chi connectivity index (χ1n) is 6.72. The average Bonchev–Trinajstić information content (AvgIpc) is 2.46. The summed E-state index contributed by atoms with van der Waals surface area (Å²) in [6.45, 7) is 2.68. The minimum atomic E-state index is -0.719. The summed E-state index contributed by atoms with van der Waals surface area (Å²) < 4.78 is 5.08. The highest BCUT2D eigenvalue weighted by Crippen LogP contribution is 2.20. The van der Waals surface area contributed by atoms with Gasteiger partial charge < -0.3 is 15.2 Å². The minimum Gasteiger partial charge on any atom is -0.481 e. The molecule has 0 saturated carbocycles. The molecule has 0 aromatic carbocycles. The molecule has 0 saturated heterocycles. The van der Waals surface area contributed by atoms with Crippen LogP contribution in [0.1, 0.15) is 24.0 Å². The van der Waals surface area contributed by atoms with E-state index in [9.17, 15) is 4.79 Å². The van der Waals surface area contributed by atoms with Crippen molar-refractivity contribution in [1.82, 2.24) is 10.3 Å². The molecular formula is C15H20N2O3. The Morgan fingerprint density at radius 3 is 3.05 bits per heavy atom. The molecule has 1 aliphatic rings. The second-order valence-electron chi connectivity index (χ2n) is 5.08. The van der Waals surface area contributed by atoms with Gasteiger partial charge in [-0.05, 0) is 30.9 Å². The van der Waals surface area contributed by atoms with Gasteiger partial charge in [-0.2, -0.15) is 0 Å². The first kappa shape index (κ1) is 14.5. The zero-order valence-corrected chi connectivity index (χ0v) is 11.8. The lowest BCUT2D eigenvalue weighted by molar-refractivity contribution is -0.142. The Kier molecular flexibility index (Phi) is 4.74. The molecule has 1 aromatic rings. The monoisotopic (exact) mass is 276 g/mol. The number of rotatable bonds is 5. The van der Waals surface area contributed by atoms with Gasteiger partial charge in [-0.3, -0.25) is 4.79 Å². The number of hydrogen-bond donors (Lipinski definition) is 2. The Bertz CT molecular complexity index is 514. The third-order valence-electron chi connectivity index (χ3n) is 3.63. The Balaban J connectivity index is 1.94. The lowest BCUT2D eigenvalue weighted by Crippen LogP contribution is -2.33. The van der Waals surface area contributed by atoms with Crippen molar-refractivity contribution in [3.63, 3.8) is 0 Å². The molecule has 0 spiro atoms. The summed E-state index contributed by atoms with van der Waals surface area (Å²) in [5.41, 5.74) is 2.20. The largest absolute Gasteiger partial charge is 0.481 e. The fourth-order valence-corrected chi connectivity index (χ4v) is 2.34. The molecule has 2 N–H and O–H groups in total. The number of ether oxygens (including phenoxy) is 1. The summed E-state index contributed by atoms with van der Waals surface area (Å²) in [6, 6.07) is 2.00. The van der Waals surface area contributed by atoms with Crippen molar-refractivity contribution in [3.05, 3.63) is 35.5 Å². The Hall–Kier alpha value is -1.88. The van der Waals surface area contributed by atoms with Gasteiger partial charge in [0.2, 0.25) is 5.88 Å². The highest BCUT2D eigenvalue weighted by molar-refractivity contribution is 5.70. The molecule has 0 radical (unpaired) electrons. The lowest BCUT2D eigenvalue weighted by Gasteiger charge is -2.23. The minimum absolute atomic E-state index is 0.103. The fraction of sp³-hybridized carbons (Fsp3) is 0.467. The fourth-order valence-electron chi connectivity index (χ4n) is 2.34. The summed E-state index contributed by atoms with van der Waals surface area (Å²) in [5, 5.41) is 12.4. The normalized spacial score (nSPS) is 21.7. The van der Waals surface area contributed by atoms with Crippen LogP contribution in [0.15, 0.2) is 24.4 Å². The number of aryl methyl sites for hydroxylation is 1. The molecule has 0 fully saturated rings. The van der Waals surface area contributed by atoms with Gasteiger partial charge >= 0.3 is 5.97 Å². The molecule has 5 heteroatoms. The van der Waals surface area contributed by atoms with Crippen LogP contribution in [0.5, 0.6) is 5.88 Å². The molecule has 1 aromatic heterocycles. The molecule has 0 bridgehead atoms. The summed E-state index contributed by atoms with van der Waals surface area (Å²) in [5.74, 6) is -0.397. The van der Waals surface area contributed by atoms with Crippen molar-refractivity contribution in [3.8, 4) is 5.88 Å². The van der Waals surface area contributed by atoms with E-state index in [1.807, 2.05) is 25.1 Å². The number of nitrogens with zero attached hydrogens (tertiary/aromatic N) is 1. The molecule has 1 aliphatic carbocycles. The quantitative estimate of drug-likeness (QED) is 0.804. The van der Waals surface area contributed by atoms with Crippen LogP contribution >= 0.6 is 0 Å². The molecule has 2 rings (SSSR count). The third-order valence-corrected chi connectivity index (χ3v) is 3.63. The van der Waals surface area contributed by atoms with Crippen molar-refractivity contribution in [2.24, 2.45) is 5.92 Å². The van der Waals surface area contributed by atoms with E-state index in [-0.39, 0.29) is 12.0 Å². The predicted molar refractivity (Wildman–Crippen MR) is 75.7 cm³/mol. The number of carboxylic acids is 1. The zero-order chi connectivity index (χ0) is 14.5. The highest BCUT2D eigenvalue weighted by Gasteiger charge is 2.23. The van der Waals surface area contributed by atoms with Crippen molar-refractivity contribution in [1.29, 1.82) is 0 Å². The van der Waals surface area contributed by atoms with Crippen LogP contribution < -0.4 is 10.1 Å². The molecule has 1 heterocycles. The molecule has 0 unspecified atom stereocenters. The molecule has 5 nitrogen and oxygen atoms in total. The van der Waals surface area contributed by atoms with E-state index in [4.69, 9.17) is 9.84 Å². The number of aliphatic carboxylic acids is 1. The Morgan fingerprint density at radius 2 is 2.40 bits per heavy atom. The van der Waals surface area contributed by atoms with Crippen LogP contribution in [0, 0.1) is 12.8 Å². The van der Waals surface area contributed by atoms with Crippen molar-refractivity contribution in [2.45, 2.75) is 32.4 Å². The summed E-state index contributed by atoms with van der Waals surface area (Å²) >= 11 is 0. The van der Waals surface area contributed by atoms with Crippen molar-refractivity contribution >= 4 is 5.97 Å². The summed E-state index contributed by atoms with van der Waals surface area (Å²) in [7, 11) is 1.60. The van der Waals surface area contributed by atoms with Gasteiger partial charge in [0.05, 0.1) is 13.0 Å². The molecule has 108 valence electrons. The maximum Gasteiger partial charge on any atom is 0.306 e. The van der Waals surface area contributed by atoms with Gasteiger partial charge in [-0.1, -0.05) is 12.2 Å². The smallest absolute Gasteiger partial charge is 0.306 e. The standard InChI is InChI=1S/C15H20N2O3/c1-10-6-14(20-2)17-9-12(10)8-16-13-5-3-4-11(7-13)15(18)19/h3,5-6,9,11,13,16H,4,7-8H2,1-2H3,(H,18,19)/t11-,13-/m0/s1. The molecule has 2 atom stereocenters. The third kappa shape index (κ3) is 3.57. The van der Waals surface area contributed by atoms with Crippen molar-refractivity contribution < 1.29 is 14.6 Å². The number of aromatic nitrogens is 1. The van der Waals surface area contributed by atoms with Gasteiger partial charge in [-0.15, -0.1) is 0 Å². The zero-order valence-electron chi connectivity index (χ0n) is 11.8. The number of methoxy groups -OCH3 is 1. The first-order chi connectivity index (χ1) is 9.60. The second-order valence-corrected chi connectivity index (χ2v) is 5.08. The van der Waals surface area contributed by atoms with E-state index in [1.165, 1.54) is 0 Å². The molecular weight excluding hydrogens is 256 g/mol. The number of allylic oxidation sites excluding steroid dienone is 1. The Morgan fingerprint density at radius 1 is 1.60 bits per heavy atom. The summed E-state index contributed by atoms with van der Waals surface area (Å²) in [4.78, 5) is 15.2. The maximum absolute atomic E-state index is 11.0. The maximum atomic E-state index is 11.0. The van der Waals surface area contributed by atoms with Crippen LogP contribution in [-0.4, -0.2) is 29.2 Å². The SMILES string of the molecule is COc1cc(C)c(CN[C@H]2C=CC[C@H](C(=O)O)C2)cn1. The molecule has 0 aliphatic heterocycles. The van der Waals surface area contributed by atoms with Crippen LogP contribution in [0.4, 0.5) is 0 Å². The lowest BCUT2D eigenvalue weighted by atomic mass is 9.91. The van der Waals surface area contributed by atoms with E-state index in [2.05, 4.69) is 10.3 Å². The summed E-state index contributed by atoms with van der Waals surface area (Å²) in [6.07, 6.45) is 7.04. The van der Waals surface area contributed by atoms with Crippen LogP contribution in [-0.2, 0) is 11.3 Å².